The van der Waals surface area contributed by atoms with Gasteiger partial charge in [0.15, 0.2) is 16.3 Å². The van der Waals surface area contributed by atoms with Crippen molar-refractivity contribution < 1.29 is 0 Å². The van der Waals surface area contributed by atoms with Crippen molar-refractivity contribution in [2.45, 2.75) is 38.6 Å². The monoisotopic (exact) mass is 251 g/mol. The largest absolute Gasteiger partial charge is 0.224 e. The van der Waals surface area contributed by atoms with Crippen molar-refractivity contribution in [1.82, 2.24) is 25.0 Å². The highest BCUT2D eigenvalue weighted by Gasteiger charge is 2.26. The molecule has 0 radical (unpaired) electrons. The Morgan fingerprint density at radius 1 is 1.29 bits per heavy atom. The molecule has 0 aliphatic heterocycles. The normalized spacial score (nSPS) is 25.3. The highest BCUT2D eigenvalue weighted by atomic mass is 35.5. The van der Waals surface area contributed by atoms with E-state index >= 15 is 0 Å². The second kappa shape index (κ2) is 4.22. The van der Waals surface area contributed by atoms with Crippen LogP contribution >= 0.6 is 11.6 Å². The van der Waals surface area contributed by atoms with Crippen molar-refractivity contribution in [2.24, 2.45) is 5.92 Å². The topological polar surface area (TPSA) is 56.5 Å². The van der Waals surface area contributed by atoms with Gasteiger partial charge >= 0.3 is 0 Å². The zero-order chi connectivity index (χ0) is 11.8. The quantitative estimate of drug-likeness (QED) is 0.731. The Labute approximate surface area is 104 Å². The smallest absolute Gasteiger partial charge is 0.183 e. The maximum atomic E-state index is 5.98. The van der Waals surface area contributed by atoms with Crippen molar-refractivity contribution >= 4 is 22.8 Å². The van der Waals surface area contributed by atoms with Gasteiger partial charge in [0.25, 0.3) is 0 Å². The predicted molar refractivity (Wildman–Crippen MR) is 64.8 cm³/mol. The average molecular weight is 252 g/mol. The van der Waals surface area contributed by atoms with Crippen molar-refractivity contribution in [2.75, 3.05) is 0 Å². The lowest BCUT2D eigenvalue weighted by Gasteiger charge is -2.28. The Bertz CT molecular complexity index is 538. The van der Waals surface area contributed by atoms with Crippen molar-refractivity contribution in [3.63, 3.8) is 0 Å². The zero-order valence-electron chi connectivity index (χ0n) is 9.67. The zero-order valence-corrected chi connectivity index (χ0v) is 10.4. The second-order valence-corrected chi connectivity index (χ2v) is 5.06. The van der Waals surface area contributed by atoms with Crippen molar-refractivity contribution in [1.29, 1.82) is 0 Å². The van der Waals surface area contributed by atoms with E-state index in [1.165, 1.54) is 25.6 Å². The molecule has 1 aliphatic carbocycles. The number of rotatable bonds is 1. The predicted octanol–water partition coefficient (Wildman–Crippen LogP) is 2.63. The van der Waals surface area contributed by atoms with Crippen molar-refractivity contribution in [3.8, 4) is 0 Å². The molecular formula is C11H14ClN5. The van der Waals surface area contributed by atoms with Gasteiger partial charge < -0.3 is 0 Å². The van der Waals surface area contributed by atoms with Gasteiger partial charge in [0.2, 0.25) is 0 Å². The van der Waals surface area contributed by atoms with Gasteiger partial charge in [-0.1, -0.05) is 36.6 Å². The number of nitrogens with zero attached hydrogens (tertiary/aromatic N) is 5. The van der Waals surface area contributed by atoms with Gasteiger partial charge in [-0.05, 0) is 18.8 Å². The summed E-state index contributed by atoms with van der Waals surface area (Å²) in [6.07, 6.45) is 6.40. The molecule has 5 nitrogen and oxygen atoms in total. The van der Waals surface area contributed by atoms with Gasteiger partial charge in [0.05, 0.1) is 6.04 Å². The molecule has 2 aromatic rings. The molecule has 2 atom stereocenters. The Morgan fingerprint density at radius 3 is 2.94 bits per heavy atom. The Morgan fingerprint density at radius 2 is 2.12 bits per heavy atom. The molecule has 0 aromatic carbocycles. The summed E-state index contributed by atoms with van der Waals surface area (Å²) in [4.78, 5) is 8.18. The van der Waals surface area contributed by atoms with Crippen LogP contribution in [-0.2, 0) is 0 Å². The van der Waals surface area contributed by atoms with E-state index in [0.717, 1.165) is 12.1 Å². The molecule has 0 saturated heterocycles. The maximum absolute atomic E-state index is 5.98. The fraction of sp³-hybridized carbons (Fsp3) is 0.636. The lowest BCUT2D eigenvalue weighted by atomic mass is 9.86. The molecule has 2 unspecified atom stereocenters. The summed E-state index contributed by atoms with van der Waals surface area (Å²) < 4.78 is 1.92. The van der Waals surface area contributed by atoms with Crippen LogP contribution in [0.3, 0.4) is 0 Å². The van der Waals surface area contributed by atoms with Gasteiger partial charge in [-0.25, -0.2) is 14.6 Å². The van der Waals surface area contributed by atoms with Crippen LogP contribution in [0.25, 0.3) is 11.2 Å². The molecule has 90 valence electrons. The van der Waals surface area contributed by atoms with Crippen LogP contribution in [-0.4, -0.2) is 25.0 Å². The van der Waals surface area contributed by atoms with Crippen molar-refractivity contribution in [3.05, 3.63) is 11.5 Å². The molecule has 1 saturated carbocycles. The van der Waals surface area contributed by atoms with E-state index < -0.39 is 0 Å². The number of hydrogen-bond acceptors (Lipinski definition) is 4. The fourth-order valence-electron chi connectivity index (χ4n) is 2.62. The summed E-state index contributed by atoms with van der Waals surface area (Å²) in [5, 5.41) is 8.67. The van der Waals surface area contributed by atoms with Crippen LogP contribution in [0.1, 0.15) is 38.6 Å². The average Bonchev–Trinajstić information content (AvgIpc) is 2.75. The lowest BCUT2D eigenvalue weighted by Crippen LogP contribution is -2.22. The third-order valence-corrected chi connectivity index (χ3v) is 3.87. The first kappa shape index (κ1) is 10.9. The highest BCUT2D eigenvalue weighted by Crippen LogP contribution is 2.34. The van der Waals surface area contributed by atoms with E-state index in [0.29, 0.717) is 22.6 Å². The van der Waals surface area contributed by atoms with E-state index in [-0.39, 0.29) is 0 Å². The minimum Gasteiger partial charge on any atom is -0.224 e. The standard InChI is InChI=1S/C11H14ClN5/c1-7-4-2-3-5-8(7)17-11-9(15-16-17)10(12)13-6-14-11/h6-8H,2-5H2,1H3. The molecule has 2 aromatic heterocycles. The Kier molecular flexibility index (Phi) is 2.70. The summed E-state index contributed by atoms with van der Waals surface area (Å²) in [6.45, 7) is 2.26. The van der Waals surface area contributed by atoms with Crippen LogP contribution in [0.15, 0.2) is 6.33 Å². The van der Waals surface area contributed by atoms with Gasteiger partial charge in [-0.2, -0.15) is 0 Å². The maximum Gasteiger partial charge on any atom is 0.183 e. The summed E-state index contributed by atoms with van der Waals surface area (Å²) >= 11 is 5.98. The number of halogens is 1. The molecule has 1 aliphatic rings. The number of hydrogen-bond donors (Lipinski definition) is 0. The van der Waals surface area contributed by atoms with Crippen LogP contribution in [0.5, 0.6) is 0 Å². The van der Waals surface area contributed by atoms with Crippen LogP contribution in [0, 0.1) is 5.92 Å². The fourth-order valence-corrected chi connectivity index (χ4v) is 2.79. The molecule has 17 heavy (non-hydrogen) atoms. The molecule has 1 fully saturated rings. The van der Waals surface area contributed by atoms with Gasteiger partial charge in [-0.3, -0.25) is 0 Å². The molecule has 0 N–H and O–H groups in total. The molecule has 0 spiro atoms. The minimum absolute atomic E-state index is 0.379. The van der Waals surface area contributed by atoms with Gasteiger partial charge in [0, 0.05) is 0 Å². The van der Waals surface area contributed by atoms with Gasteiger partial charge in [0.1, 0.15) is 6.33 Å². The van der Waals surface area contributed by atoms with E-state index in [9.17, 15) is 0 Å². The summed E-state index contributed by atoms with van der Waals surface area (Å²) in [5.41, 5.74) is 1.36. The van der Waals surface area contributed by atoms with E-state index in [2.05, 4.69) is 27.2 Å². The Balaban J connectivity index is 2.08. The number of fused-ring (bicyclic) bond motifs is 1. The summed E-state index contributed by atoms with van der Waals surface area (Å²) in [6, 6.07) is 0.389. The van der Waals surface area contributed by atoms with Crippen LogP contribution in [0.4, 0.5) is 0 Å². The molecule has 0 bridgehead atoms. The van der Waals surface area contributed by atoms with E-state index in [4.69, 9.17) is 11.6 Å². The third kappa shape index (κ3) is 1.78. The molecule has 6 heteroatoms. The Hall–Kier alpha value is -1.23. The first-order valence-electron chi connectivity index (χ1n) is 5.99. The third-order valence-electron chi connectivity index (χ3n) is 3.60. The summed E-state index contributed by atoms with van der Waals surface area (Å²) in [7, 11) is 0. The van der Waals surface area contributed by atoms with Crippen LogP contribution in [0.2, 0.25) is 5.15 Å². The van der Waals surface area contributed by atoms with E-state index in [1.54, 1.807) is 0 Å². The highest BCUT2D eigenvalue weighted by molar-refractivity contribution is 6.33. The molecule has 2 heterocycles. The first-order valence-corrected chi connectivity index (χ1v) is 6.36. The first-order chi connectivity index (χ1) is 8.27. The van der Waals surface area contributed by atoms with Gasteiger partial charge in [-0.15, -0.1) is 5.10 Å². The van der Waals surface area contributed by atoms with Crippen LogP contribution < -0.4 is 0 Å². The minimum atomic E-state index is 0.379. The number of aromatic nitrogens is 5. The molecular weight excluding hydrogens is 238 g/mol. The van der Waals surface area contributed by atoms with E-state index in [1.807, 2.05) is 4.68 Å². The second-order valence-electron chi connectivity index (χ2n) is 4.70. The summed E-state index contributed by atoms with van der Waals surface area (Å²) in [5.74, 6) is 0.613. The lowest BCUT2D eigenvalue weighted by molar-refractivity contribution is 0.241. The molecule has 3 rings (SSSR count). The SMILES string of the molecule is CC1CCCCC1n1nnc2c(Cl)ncnc21. The molecule has 0 amide bonds.